The van der Waals surface area contributed by atoms with Crippen molar-refractivity contribution in [1.29, 1.82) is 0 Å². The molecule has 0 atom stereocenters. The molecule has 0 radical (unpaired) electrons. The summed E-state index contributed by atoms with van der Waals surface area (Å²) in [5.41, 5.74) is -0.557. The number of benzene rings is 1. The third-order valence-corrected chi connectivity index (χ3v) is 4.22. The van der Waals surface area contributed by atoms with Gasteiger partial charge in [-0.1, -0.05) is 30.1 Å². The summed E-state index contributed by atoms with van der Waals surface area (Å²) in [4.78, 5) is 16.7. The average Bonchev–Trinajstić information content (AvgIpc) is 3.23. The maximum Gasteiger partial charge on any atom is 0.258 e. The molecule has 7 nitrogen and oxygen atoms in total. The van der Waals surface area contributed by atoms with Gasteiger partial charge in [-0.3, -0.25) is 4.79 Å². The first kappa shape index (κ1) is 16.3. The molecule has 1 aliphatic rings. The summed E-state index contributed by atoms with van der Waals surface area (Å²) in [7, 11) is 1.56. The number of carbonyl (C=O) groups excluding carboxylic acids is 1. The van der Waals surface area contributed by atoms with Gasteiger partial charge in [-0.05, 0) is 25.0 Å². The lowest BCUT2D eigenvalue weighted by Gasteiger charge is -2.26. The fraction of sp³-hybridized carbons (Fsp3) is 0.471. The van der Waals surface area contributed by atoms with Crippen molar-refractivity contribution in [2.45, 2.75) is 38.1 Å². The molecule has 0 bridgehead atoms. The fourth-order valence-electron chi connectivity index (χ4n) is 3.06. The number of carbonyl (C=O) groups is 1. The summed E-state index contributed by atoms with van der Waals surface area (Å²) in [6.07, 6.45) is 3.63. The zero-order valence-corrected chi connectivity index (χ0v) is 13.9. The standard InChI is InChI=1S/C17H21N3O4/c1-12-18-16(20-24-12)17(9-5-6-10-17)19-15(21)11-23-14-8-4-3-7-13(14)22-2/h3-4,7-8H,5-6,9-11H2,1-2H3,(H,19,21). The lowest BCUT2D eigenvalue weighted by molar-refractivity contribution is -0.125. The van der Waals surface area contributed by atoms with Crippen molar-refractivity contribution in [2.24, 2.45) is 0 Å². The van der Waals surface area contributed by atoms with Crippen molar-refractivity contribution in [3.63, 3.8) is 0 Å². The highest BCUT2D eigenvalue weighted by Crippen LogP contribution is 2.37. The van der Waals surface area contributed by atoms with Crippen LogP contribution < -0.4 is 14.8 Å². The van der Waals surface area contributed by atoms with E-state index in [1.807, 2.05) is 12.1 Å². The van der Waals surface area contributed by atoms with Crippen molar-refractivity contribution in [2.75, 3.05) is 13.7 Å². The fourth-order valence-corrected chi connectivity index (χ4v) is 3.06. The van der Waals surface area contributed by atoms with Crippen LogP contribution in [-0.4, -0.2) is 29.8 Å². The van der Waals surface area contributed by atoms with Crippen molar-refractivity contribution < 1.29 is 18.8 Å². The SMILES string of the molecule is COc1ccccc1OCC(=O)NC1(c2noc(C)n2)CCCC1. The summed E-state index contributed by atoms with van der Waals surface area (Å²) >= 11 is 0. The van der Waals surface area contributed by atoms with Gasteiger partial charge in [-0.15, -0.1) is 0 Å². The first-order chi connectivity index (χ1) is 11.6. The molecule has 1 N–H and O–H groups in total. The van der Waals surface area contributed by atoms with E-state index < -0.39 is 5.54 Å². The number of nitrogens with zero attached hydrogens (tertiary/aromatic N) is 2. The van der Waals surface area contributed by atoms with Gasteiger partial charge >= 0.3 is 0 Å². The Labute approximate surface area is 140 Å². The van der Waals surface area contributed by atoms with Gasteiger partial charge in [0.15, 0.2) is 23.9 Å². The molecule has 24 heavy (non-hydrogen) atoms. The lowest BCUT2D eigenvalue weighted by Crippen LogP contribution is -2.46. The van der Waals surface area contributed by atoms with Crippen LogP contribution in [0, 0.1) is 6.92 Å². The third-order valence-electron chi connectivity index (χ3n) is 4.22. The quantitative estimate of drug-likeness (QED) is 0.874. The molecule has 1 aromatic carbocycles. The molecule has 1 aliphatic carbocycles. The zero-order valence-electron chi connectivity index (χ0n) is 13.9. The number of para-hydroxylation sites is 2. The number of aromatic nitrogens is 2. The van der Waals surface area contributed by atoms with Crippen LogP contribution in [-0.2, 0) is 10.3 Å². The first-order valence-electron chi connectivity index (χ1n) is 8.00. The highest BCUT2D eigenvalue weighted by atomic mass is 16.5. The predicted octanol–water partition coefficient (Wildman–Crippen LogP) is 2.35. The van der Waals surface area contributed by atoms with Crippen LogP contribution in [0.25, 0.3) is 0 Å². The number of hydrogen-bond donors (Lipinski definition) is 1. The van der Waals surface area contributed by atoms with Gasteiger partial charge in [0, 0.05) is 6.92 Å². The van der Waals surface area contributed by atoms with E-state index in [2.05, 4.69) is 15.5 Å². The summed E-state index contributed by atoms with van der Waals surface area (Å²) in [6.45, 7) is 1.64. The van der Waals surface area contributed by atoms with E-state index in [1.54, 1.807) is 26.2 Å². The van der Waals surface area contributed by atoms with Crippen molar-refractivity contribution in [1.82, 2.24) is 15.5 Å². The first-order valence-corrected chi connectivity index (χ1v) is 8.00. The van der Waals surface area contributed by atoms with E-state index >= 15 is 0 Å². The molecular formula is C17H21N3O4. The van der Waals surface area contributed by atoms with Crippen molar-refractivity contribution in [3.8, 4) is 11.5 Å². The predicted molar refractivity (Wildman–Crippen MR) is 85.8 cm³/mol. The second-order valence-corrected chi connectivity index (χ2v) is 5.91. The Kier molecular flexibility index (Phi) is 4.69. The van der Waals surface area contributed by atoms with Crippen LogP contribution in [0.3, 0.4) is 0 Å². The van der Waals surface area contributed by atoms with E-state index in [4.69, 9.17) is 14.0 Å². The number of rotatable bonds is 6. The maximum absolute atomic E-state index is 12.4. The maximum atomic E-state index is 12.4. The van der Waals surface area contributed by atoms with E-state index in [0.717, 1.165) is 25.7 Å². The largest absolute Gasteiger partial charge is 0.493 e. The Morgan fingerprint density at radius 2 is 2.00 bits per heavy atom. The lowest BCUT2D eigenvalue weighted by atomic mass is 9.96. The highest BCUT2D eigenvalue weighted by molar-refractivity contribution is 5.78. The Morgan fingerprint density at radius 1 is 1.29 bits per heavy atom. The van der Waals surface area contributed by atoms with E-state index in [0.29, 0.717) is 23.2 Å². The molecular weight excluding hydrogens is 310 g/mol. The van der Waals surface area contributed by atoms with E-state index in [1.165, 1.54) is 0 Å². The highest BCUT2D eigenvalue weighted by Gasteiger charge is 2.41. The molecule has 0 aliphatic heterocycles. The Morgan fingerprint density at radius 3 is 2.62 bits per heavy atom. The van der Waals surface area contributed by atoms with Gasteiger partial charge in [0.25, 0.3) is 5.91 Å². The van der Waals surface area contributed by atoms with Crippen LogP contribution >= 0.6 is 0 Å². The van der Waals surface area contributed by atoms with Crippen LogP contribution in [0.4, 0.5) is 0 Å². The average molecular weight is 331 g/mol. The number of methoxy groups -OCH3 is 1. The molecule has 0 spiro atoms. The summed E-state index contributed by atoms with van der Waals surface area (Å²) in [6, 6.07) is 7.22. The van der Waals surface area contributed by atoms with Crippen LogP contribution in [0.5, 0.6) is 11.5 Å². The molecule has 1 saturated carbocycles. The smallest absolute Gasteiger partial charge is 0.258 e. The molecule has 1 aromatic heterocycles. The minimum Gasteiger partial charge on any atom is -0.493 e. The number of amides is 1. The summed E-state index contributed by atoms with van der Waals surface area (Å²) in [5.74, 6) is 1.95. The molecule has 0 saturated heterocycles. The summed E-state index contributed by atoms with van der Waals surface area (Å²) in [5, 5.41) is 7.05. The van der Waals surface area contributed by atoms with Gasteiger partial charge in [0.2, 0.25) is 5.89 Å². The minimum atomic E-state index is -0.557. The molecule has 0 unspecified atom stereocenters. The zero-order chi connectivity index (χ0) is 17.0. The Balaban J connectivity index is 1.66. The van der Waals surface area contributed by atoms with Gasteiger partial charge < -0.3 is 19.3 Å². The van der Waals surface area contributed by atoms with Gasteiger partial charge in [0.05, 0.1) is 7.11 Å². The van der Waals surface area contributed by atoms with Crippen molar-refractivity contribution in [3.05, 3.63) is 36.0 Å². The van der Waals surface area contributed by atoms with E-state index in [9.17, 15) is 4.79 Å². The van der Waals surface area contributed by atoms with Crippen LogP contribution in [0.15, 0.2) is 28.8 Å². The van der Waals surface area contributed by atoms with E-state index in [-0.39, 0.29) is 12.5 Å². The number of nitrogens with one attached hydrogen (secondary N) is 1. The second kappa shape index (κ2) is 6.90. The monoisotopic (exact) mass is 331 g/mol. The Bertz CT molecular complexity index is 707. The molecule has 2 aromatic rings. The Hall–Kier alpha value is -2.57. The number of hydrogen-bond acceptors (Lipinski definition) is 6. The number of ether oxygens (including phenoxy) is 2. The molecule has 1 fully saturated rings. The van der Waals surface area contributed by atoms with Crippen molar-refractivity contribution >= 4 is 5.91 Å². The molecule has 1 heterocycles. The normalized spacial score (nSPS) is 15.9. The molecule has 1 amide bonds. The molecule has 7 heteroatoms. The minimum absolute atomic E-state index is 0.0983. The third kappa shape index (κ3) is 3.34. The molecule has 128 valence electrons. The van der Waals surface area contributed by atoms with Gasteiger partial charge in [-0.25, -0.2) is 0 Å². The number of aryl methyl sites for hydroxylation is 1. The van der Waals surface area contributed by atoms with Crippen LogP contribution in [0.1, 0.15) is 37.4 Å². The van der Waals surface area contributed by atoms with Gasteiger partial charge in [-0.2, -0.15) is 4.98 Å². The van der Waals surface area contributed by atoms with Gasteiger partial charge in [0.1, 0.15) is 5.54 Å². The second-order valence-electron chi connectivity index (χ2n) is 5.91. The molecule has 3 rings (SSSR count). The summed E-state index contributed by atoms with van der Waals surface area (Å²) < 4.78 is 15.9. The van der Waals surface area contributed by atoms with Crippen LogP contribution in [0.2, 0.25) is 0 Å². The topological polar surface area (TPSA) is 86.5 Å².